The van der Waals surface area contributed by atoms with E-state index in [4.69, 9.17) is 33.1 Å². The number of aliphatic carboxylic acids is 2. The van der Waals surface area contributed by atoms with Crippen LogP contribution >= 0.6 is 0 Å². The molecule has 0 heterocycles. The SMILES string of the molecule is NCCC(=O)C(=O)C(N)(/N=N/C(N)(C(=O)O)C(=O)C(=O)CCN)C(=O)O. The third-order valence-corrected chi connectivity index (χ3v) is 2.96. The van der Waals surface area contributed by atoms with Gasteiger partial charge in [-0.05, 0) is 13.1 Å². The summed E-state index contributed by atoms with van der Waals surface area (Å²) < 4.78 is 0. The Hall–Kier alpha value is -2.94. The summed E-state index contributed by atoms with van der Waals surface area (Å²) in [6.45, 7) is -0.612. The molecule has 14 nitrogen and oxygen atoms in total. The van der Waals surface area contributed by atoms with E-state index in [1.165, 1.54) is 0 Å². The number of carbonyl (C=O) groups excluding carboxylic acids is 4. The molecule has 0 rings (SSSR count). The van der Waals surface area contributed by atoms with Crippen molar-refractivity contribution in [1.29, 1.82) is 0 Å². The summed E-state index contributed by atoms with van der Waals surface area (Å²) in [6, 6.07) is 0. The van der Waals surface area contributed by atoms with Crippen molar-refractivity contribution in [3.8, 4) is 0 Å². The number of carbonyl (C=O) groups is 6. The maximum atomic E-state index is 11.9. The lowest BCUT2D eigenvalue weighted by Crippen LogP contribution is -2.59. The molecule has 0 aliphatic rings. The molecule has 0 aromatic heterocycles. The minimum Gasteiger partial charge on any atom is -0.478 e. The lowest BCUT2D eigenvalue weighted by atomic mass is 10.00. The van der Waals surface area contributed by atoms with E-state index in [-0.39, 0.29) is 13.1 Å². The van der Waals surface area contributed by atoms with Gasteiger partial charge in [0.15, 0.2) is 0 Å². The van der Waals surface area contributed by atoms with Gasteiger partial charge in [0, 0.05) is 12.8 Å². The number of ketones is 4. The number of carboxylic acid groups (broad SMARTS) is 2. The smallest absolute Gasteiger partial charge is 0.356 e. The summed E-state index contributed by atoms with van der Waals surface area (Å²) in [4.78, 5) is 69.2. The van der Waals surface area contributed by atoms with Gasteiger partial charge in [0.05, 0.1) is 0 Å². The van der Waals surface area contributed by atoms with Crippen LogP contribution < -0.4 is 22.9 Å². The number of nitrogens with two attached hydrogens (primary N) is 4. The zero-order chi connectivity index (χ0) is 20.7. The summed E-state index contributed by atoms with van der Waals surface area (Å²) in [5.41, 5.74) is 13.9. The van der Waals surface area contributed by atoms with Crippen molar-refractivity contribution in [2.24, 2.45) is 33.2 Å². The quantitative estimate of drug-likeness (QED) is 0.108. The fourth-order valence-corrected chi connectivity index (χ4v) is 1.44. The Labute approximate surface area is 145 Å². The van der Waals surface area contributed by atoms with Crippen molar-refractivity contribution >= 4 is 35.1 Å². The van der Waals surface area contributed by atoms with Crippen molar-refractivity contribution in [2.45, 2.75) is 24.2 Å². The molecule has 0 radical (unpaired) electrons. The Bertz CT molecular complexity index is 621. The van der Waals surface area contributed by atoms with Crippen LogP contribution in [0.4, 0.5) is 0 Å². The van der Waals surface area contributed by atoms with Gasteiger partial charge in [-0.25, -0.2) is 9.59 Å². The highest BCUT2D eigenvalue weighted by atomic mass is 16.4. The molecule has 0 spiro atoms. The van der Waals surface area contributed by atoms with Gasteiger partial charge >= 0.3 is 11.9 Å². The van der Waals surface area contributed by atoms with Crippen molar-refractivity contribution in [2.75, 3.05) is 13.1 Å². The zero-order valence-electron chi connectivity index (χ0n) is 13.4. The van der Waals surface area contributed by atoms with Gasteiger partial charge in [-0.2, -0.15) is 0 Å². The Balaban J connectivity index is 6.02. The Kier molecular flexibility index (Phi) is 7.94. The van der Waals surface area contributed by atoms with Gasteiger partial charge in [-0.15, -0.1) is 10.2 Å². The second kappa shape index (κ2) is 8.95. The number of nitrogens with zero attached hydrogens (tertiary/aromatic N) is 2. The van der Waals surface area contributed by atoms with Crippen LogP contribution in [-0.2, 0) is 28.8 Å². The molecule has 144 valence electrons. The first-order valence-electron chi connectivity index (χ1n) is 6.92. The monoisotopic (exact) mass is 374 g/mol. The maximum Gasteiger partial charge on any atom is 0.356 e. The maximum absolute atomic E-state index is 11.9. The first-order valence-corrected chi connectivity index (χ1v) is 6.92. The van der Waals surface area contributed by atoms with E-state index in [2.05, 4.69) is 10.2 Å². The van der Waals surface area contributed by atoms with Gasteiger partial charge in [0.1, 0.15) is 0 Å². The predicted molar refractivity (Wildman–Crippen MR) is 81.3 cm³/mol. The van der Waals surface area contributed by atoms with Crippen LogP contribution in [0.3, 0.4) is 0 Å². The Morgan fingerprint density at radius 1 is 0.692 bits per heavy atom. The topological polar surface area (TPSA) is 272 Å². The number of azo groups is 1. The van der Waals surface area contributed by atoms with Crippen molar-refractivity contribution in [3.63, 3.8) is 0 Å². The zero-order valence-corrected chi connectivity index (χ0v) is 13.4. The summed E-state index contributed by atoms with van der Waals surface area (Å²) in [5.74, 6) is -10.5. The van der Waals surface area contributed by atoms with E-state index in [1.54, 1.807) is 0 Å². The minimum atomic E-state index is -3.36. The van der Waals surface area contributed by atoms with Gasteiger partial charge < -0.3 is 21.7 Å². The number of Topliss-reactive ketones (excluding diaryl/α,β-unsaturated/α-hetero) is 4. The molecule has 10 N–H and O–H groups in total. The third kappa shape index (κ3) is 4.79. The van der Waals surface area contributed by atoms with E-state index >= 15 is 0 Å². The Morgan fingerprint density at radius 3 is 1.15 bits per heavy atom. The molecule has 0 amide bonds. The van der Waals surface area contributed by atoms with Crippen LogP contribution in [0.2, 0.25) is 0 Å². The van der Waals surface area contributed by atoms with E-state index in [0.29, 0.717) is 0 Å². The normalized spacial score (nSPS) is 15.7. The first-order chi connectivity index (χ1) is 11.9. The summed E-state index contributed by atoms with van der Waals surface area (Å²) in [5, 5.41) is 23.7. The molecule has 2 unspecified atom stereocenters. The molecular formula is C12H18N6O8. The first kappa shape index (κ1) is 23.1. The predicted octanol–water partition coefficient (Wildman–Crippen LogP) is -4.11. The molecule has 0 aliphatic heterocycles. The minimum absolute atomic E-state index is 0.306. The molecule has 0 saturated heterocycles. The van der Waals surface area contributed by atoms with Crippen LogP contribution in [-0.4, -0.2) is 69.7 Å². The van der Waals surface area contributed by atoms with Gasteiger partial charge in [-0.1, -0.05) is 0 Å². The van der Waals surface area contributed by atoms with Crippen molar-refractivity contribution in [1.82, 2.24) is 0 Å². The molecule has 0 aromatic carbocycles. The van der Waals surface area contributed by atoms with Crippen LogP contribution in [0.5, 0.6) is 0 Å². The van der Waals surface area contributed by atoms with E-state index in [9.17, 15) is 28.8 Å². The number of hydrogen-bond acceptors (Lipinski definition) is 12. The van der Waals surface area contributed by atoms with Crippen molar-refractivity contribution in [3.05, 3.63) is 0 Å². The fraction of sp³-hybridized carbons (Fsp3) is 0.500. The third-order valence-electron chi connectivity index (χ3n) is 2.96. The molecule has 14 heteroatoms. The van der Waals surface area contributed by atoms with Gasteiger partial charge in [-0.3, -0.25) is 30.6 Å². The van der Waals surface area contributed by atoms with E-state index in [0.717, 1.165) is 0 Å². The lowest BCUT2D eigenvalue weighted by molar-refractivity contribution is -0.154. The molecular weight excluding hydrogens is 356 g/mol. The fourth-order valence-electron chi connectivity index (χ4n) is 1.44. The van der Waals surface area contributed by atoms with Crippen molar-refractivity contribution < 1.29 is 39.0 Å². The number of carboxylic acids is 2. The molecule has 0 fully saturated rings. The average Bonchev–Trinajstić information content (AvgIpc) is 2.57. The second-order valence-electron chi connectivity index (χ2n) is 4.93. The molecule has 0 bridgehead atoms. The Morgan fingerprint density at radius 2 is 0.962 bits per heavy atom. The van der Waals surface area contributed by atoms with E-state index < -0.39 is 59.2 Å². The molecule has 0 saturated carbocycles. The summed E-state index contributed by atoms with van der Waals surface area (Å²) >= 11 is 0. The highest BCUT2D eigenvalue weighted by Gasteiger charge is 2.50. The largest absolute Gasteiger partial charge is 0.478 e. The van der Waals surface area contributed by atoms with Crippen LogP contribution in [0, 0.1) is 0 Å². The number of rotatable bonds is 12. The lowest BCUT2D eigenvalue weighted by Gasteiger charge is -2.20. The highest BCUT2D eigenvalue weighted by molar-refractivity contribution is 6.45. The van der Waals surface area contributed by atoms with Crippen LogP contribution in [0.1, 0.15) is 12.8 Å². The highest BCUT2D eigenvalue weighted by Crippen LogP contribution is 2.15. The second-order valence-corrected chi connectivity index (χ2v) is 4.93. The molecule has 0 aliphatic carbocycles. The molecule has 26 heavy (non-hydrogen) atoms. The molecule has 0 aromatic rings. The van der Waals surface area contributed by atoms with Gasteiger partial charge in [0.2, 0.25) is 11.6 Å². The van der Waals surface area contributed by atoms with Gasteiger partial charge in [0.25, 0.3) is 22.9 Å². The van der Waals surface area contributed by atoms with Crippen LogP contribution in [0.15, 0.2) is 10.2 Å². The average molecular weight is 374 g/mol. The van der Waals surface area contributed by atoms with E-state index in [1.807, 2.05) is 0 Å². The van der Waals surface area contributed by atoms with Crippen LogP contribution in [0.25, 0.3) is 0 Å². The number of hydrogen-bond donors (Lipinski definition) is 6. The summed E-state index contributed by atoms with van der Waals surface area (Å²) in [7, 11) is 0. The summed E-state index contributed by atoms with van der Waals surface area (Å²) in [6.07, 6.45) is -1.14. The standard InChI is InChI=1S/C12H18N6O8/c13-3-1-5(19)7(21)11(15,9(23)24)17-18-12(16,10(25)26)8(22)6(20)2-4-14/h1-4,13-16H2,(H,23,24)(H,25,26)/b18-17+. The molecule has 2 atom stereocenters.